The van der Waals surface area contributed by atoms with Crippen LogP contribution < -0.4 is 4.72 Å². The van der Waals surface area contributed by atoms with Gasteiger partial charge in [0.1, 0.15) is 0 Å². The Morgan fingerprint density at radius 3 is 2.53 bits per heavy atom. The maximum absolute atomic E-state index is 12.0. The van der Waals surface area contributed by atoms with E-state index in [2.05, 4.69) is 4.72 Å². The predicted octanol–water partition coefficient (Wildman–Crippen LogP) is 1.35. The van der Waals surface area contributed by atoms with Crippen molar-refractivity contribution in [1.29, 1.82) is 0 Å². The lowest BCUT2D eigenvalue weighted by atomic mass is 9.94. The third-order valence-electron chi connectivity index (χ3n) is 3.31. The Kier molecular flexibility index (Phi) is 5.38. The number of likely N-dealkylation sites (tertiary alicyclic amines) is 1. The van der Waals surface area contributed by atoms with Crippen LogP contribution in [0.3, 0.4) is 0 Å². The van der Waals surface area contributed by atoms with E-state index in [0.717, 1.165) is 0 Å². The molecule has 1 aliphatic rings. The Morgan fingerprint density at radius 2 is 2.00 bits per heavy atom. The van der Waals surface area contributed by atoms with Crippen LogP contribution in [0.4, 0.5) is 0 Å². The largest absolute Gasteiger partial charge is 0.341 e. The topological polar surface area (TPSA) is 66.5 Å². The average Bonchev–Trinajstić information content (AvgIpc) is 2.72. The number of sulfonamides is 1. The normalized spacial score (nSPS) is 20.8. The highest BCUT2D eigenvalue weighted by molar-refractivity contribution is 7.89. The summed E-state index contributed by atoms with van der Waals surface area (Å²) in [6, 6.07) is -0.125. The first-order valence-electron chi connectivity index (χ1n) is 6.91. The van der Waals surface area contributed by atoms with Gasteiger partial charge in [-0.25, -0.2) is 13.1 Å². The van der Waals surface area contributed by atoms with Crippen molar-refractivity contribution in [3.8, 4) is 0 Å². The van der Waals surface area contributed by atoms with Crippen LogP contribution in [0.5, 0.6) is 0 Å². The molecule has 0 unspecified atom stereocenters. The van der Waals surface area contributed by atoms with Crippen molar-refractivity contribution in [2.45, 2.75) is 53.0 Å². The van der Waals surface area contributed by atoms with E-state index in [-0.39, 0.29) is 23.1 Å². The lowest BCUT2D eigenvalue weighted by molar-refractivity contribution is -0.129. The van der Waals surface area contributed by atoms with E-state index < -0.39 is 10.0 Å². The van der Waals surface area contributed by atoms with E-state index >= 15 is 0 Å². The van der Waals surface area contributed by atoms with Crippen LogP contribution in [0.25, 0.3) is 0 Å². The summed E-state index contributed by atoms with van der Waals surface area (Å²) in [5.41, 5.74) is 0.00857. The Hall–Kier alpha value is -0.620. The second-order valence-corrected chi connectivity index (χ2v) is 8.30. The van der Waals surface area contributed by atoms with Gasteiger partial charge in [-0.3, -0.25) is 4.79 Å². The van der Waals surface area contributed by atoms with Crippen LogP contribution in [-0.2, 0) is 14.8 Å². The molecule has 0 aromatic heterocycles. The number of carbonyl (C=O) groups is 1. The van der Waals surface area contributed by atoms with Crippen molar-refractivity contribution >= 4 is 15.9 Å². The maximum atomic E-state index is 12.0. The molecule has 1 heterocycles. The molecule has 1 amide bonds. The zero-order valence-corrected chi connectivity index (χ0v) is 13.2. The predicted molar refractivity (Wildman–Crippen MR) is 76.3 cm³/mol. The number of hydrogen-bond donors (Lipinski definition) is 1. The van der Waals surface area contributed by atoms with E-state index in [0.29, 0.717) is 32.4 Å². The fourth-order valence-corrected chi connectivity index (χ4v) is 3.76. The van der Waals surface area contributed by atoms with Gasteiger partial charge in [0.2, 0.25) is 15.9 Å². The second kappa shape index (κ2) is 6.22. The van der Waals surface area contributed by atoms with Crippen molar-refractivity contribution in [1.82, 2.24) is 9.62 Å². The van der Waals surface area contributed by atoms with Crippen LogP contribution in [-0.4, -0.2) is 44.1 Å². The zero-order chi connectivity index (χ0) is 14.7. The number of amides is 1. The Labute approximate surface area is 116 Å². The molecule has 0 aromatic rings. The molecule has 0 saturated carbocycles. The number of hydrogen-bond acceptors (Lipinski definition) is 3. The summed E-state index contributed by atoms with van der Waals surface area (Å²) in [5.74, 6) is 0.241. The van der Waals surface area contributed by atoms with Gasteiger partial charge in [-0.1, -0.05) is 27.7 Å². The Bertz CT molecular complexity index is 412. The van der Waals surface area contributed by atoms with E-state index in [1.807, 2.05) is 27.7 Å². The summed E-state index contributed by atoms with van der Waals surface area (Å²) in [4.78, 5) is 13.3. The molecular formula is C13H26N2O3S. The molecule has 1 rings (SSSR count). The van der Waals surface area contributed by atoms with Gasteiger partial charge in [-0.2, -0.15) is 0 Å². The van der Waals surface area contributed by atoms with Gasteiger partial charge in [0.15, 0.2) is 0 Å². The summed E-state index contributed by atoms with van der Waals surface area (Å²) in [6.45, 7) is 9.06. The summed E-state index contributed by atoms with van der Waals surface area (Å²) in [5, 5.41) is 0. The smallest absolute Gasteiger partial charge is 0.222 e. The number of carbonyl (C=O) groups excluding carboxylic acids is 1. The maximum Gasteiger partial charge on any atom is 0.222 e. The van der Waals surface area contributed by atoms with Gasteiger partial charge in [-0.15, -0.1) is 0 Å². The first-order valence-corrected chi connectivity index (χ1v) is 8.56. The molecule has 0 spiro atoms. The summed E-state index contributed by atoms with van der Waals surface area (Å²) >= 11 is 0. The number of rotatable bonds is 5. The summed E-state index contributed by atoms with van der Waals surface area (Å²) in [7, 11) is -3.24. The first-order chi connectivity index (χ1) is 8.63. The highest BCUT2D eigenvalue weighted by atomic mass is 32.2. The van der Waals surface area contributed by atoms with Crippen LogP contribution in [0.15, 0.2) is 0 Å². The quantitative estimate of drug-likeness (QED) is 0.831. The molecule has 0 aliphatic carbocycles. The highest BCUT2D eigenvalue weighted by Gasteiger charge is 2.28. The standard InChI is InChI=1S/C13H26N2O3S/c1-5-12(16)15-8-6-11(10-15)14-19(17,18)9-7-13(2,3)4/h11,14H,5-10H2,1-4H3/t11-/m1/s1. The minimum Gasteiger partial charge on any atom is -0.341 e. The number of nitrogens with one attached hydrogen (secondary N) is 1. The van der Waals surface area contributed by atoms with Gasteiger partial charge in [-0.05, 0) is 18.3 Å². The van der Waals surface area contributed by atoms with Gasteiger partial charge >= 0.3 is 0 Å². The fourth-order valence-electron chi connectivity index (χ4n) is 2.06. The Balaban J connectivity index is 2.45. The van der Waals surface area contributed by atoms with Crippen molar-refractivity contribution in [2.75, 3.05) is 18.8 Å². The summed E-state index contributed by atoms with van der Waals surface area (Å²) < 4.78 is 26.6. The Morgan fingerprint density at radius 1 is 1.37 bits per heavy atom. The van der Waals surface area contributed by atoms with Gasteiger partial charge in [0.05, 0.1) is 5.75 Å². The van der Waals surface area contributed by atoms with Crippen molar-refractivity contribution < 1.29 is 13.2 Å². The van der Waals surface area contributed by atoms with Gasteiger partial charge < -0.3 is 4.90 Å². The first kappa shape index (κ1) is 16.4. The van der Waals surface area contributed by atoms with Crippen molar-refractivity contribution in [3.63, 3.8) is 0 Å². The molecule has 1 atom stereocenters. The minimum absolute atomic E-state index is 0.00857. The van der Waals surface area contributed by atoms with Crippen LogP contribution >= 0.6 is 0 Å². The molecule has 1 aliphatic heterocycles. The van der Waals surface area contributed by atoms with Crippen LogP contribution in [0, 0.1) is 5.41 Å². The molecule has 0 radical (unpaired) electrons. The molecule has 0 bridgehead atoms. The van der Waals surface area contributed by atoms with E-state index in [4.69, 9.17) is 0 Å². The molecule has 5 nitrogen and oxygen atoms in total. The van der Waals surface area contributed by atoms with Crippen LogP contribution in [0.1, 0.15) is 47.0 Å². The molecule has 1 fully saturated rings. The van der Waals surface area contributed by atoms with Gasteiger partial charge in [0.25, 0.3) is 0 Å². The van der Waals surface area contributed by atoms with Crippen LogP contribution in [0.2, 0.25) is 0 Å². The molecule has 6 heteroatoms. The van der Waals surface area contributed by atoms with Crippen molar-refractivity contribution in [2.24, 2.45) is 5.41 Å². The third kappa shape index (κ3) is 5.91. The molecule has 19 heavy (non-hydrogen) atoms. The van der Waals surface area contributed by atoms with E-state index in [1.165, 1.54) is 0 Å². The molecule has 1 N–H and O–H groups in total. The van der Waals surface area contributed by atoms with Crippen molar-refractivity contribution in [3.05, 3.63) is 0 Å². The summed E-state index contributed by atoms with van der Waals surface area (Å²) in [6.07, 6.45) is 1.82. The number of nitrogens with zero attached hydrogens (tertiary/aromatic N) is 1. The third-order valence-corrected chi connectivity index (χ3v) is 4.74. The lowest BCUT2D eigenvalue weighted by Crippen LogP contribution is -2.39. The van der Waals surface area contributed by atoms with Gasteiger partial charge in [0, 0.05) is 25.6 Å². The second-order valence-electron chi connectivity index (χ2n) is 6.43. The molecule has 112 valence electrons. The fraction of sp³-hybridized carbons (Fsp3) is 0.923. The van der Waals surface area contributed by atoms with E-state index in [1.54, 1.807) is 4.90 Å². The minimum atomic E-state index is -3.24. The lowest BCUT2D eigenvalue weighted by Gasteiger charge is -2.20. The zero-order valence-electron chi connectivity index (χ0n) is 12.4. The molecule has 0 aromatic carbocycles. The average molecular weight is 290 g/mol. The SMILES string of the molecule is CCC(=O)N1CC[C@@H](NS(=O)(=O)CCC(C)(C)C)C1. The molecular weight excluding hydrogens is 264 g/mol. The molecule has 1 saturated heterocycles. The highest BCUT2D eigenvalue weighted by Crippen LogP contribution is 2.19. The van der Waals surface area contributed by atoms with E-state index in [9.17, 15) is 13.2 Å². The monoisotopic (exact) mass is 290 g/mol.